The van der Waals surface area contributed by atoms with Crippen LogP contribution >= 0.6 is 0 Å². The van der Waals surface area contributed by atoms with Crippen molar-refractivity contribution in [2.24, 2.45) is 5.92 Å². The minimum Gasteiger partial charge on any atom is -0.379 e. The minimum absolute atomic E-state index is 0.00309. The summed E-state index contributed by atoms with van der Waals surface area (Å²) >= 11 is 0. The van der Waals surface area contributed by atoms with Crippen LogP contribution in [0.2, 0.25) is 0 Å². The van der Waals surface area contributed by atoms with Gasteiger partial charge in [-0.05, 0) is 43.7 Å². The first-order valence-corrected chi connectivity index (χ1v) is 10.6. The van der Waals surface area contributed by atoms with Gasteiger partial charge in [0.15, 0.2) is 0 Å². The monoisotopic (exact) mass is 407 g/mol. The fourth-order valence-corrected chi connectivity index (χ4v) is 3.63. The average Bonchev–Trinajstić information content (AvgIpc) is 2.66. The van der Waals surface area contributed by atoms with E-state index in [1.807, 2.05) is 27.7 Å². The maximum absolute atomic E-state index is 13.1. The smallest absolute Gasteiger partial charge is 0.339 e. The lowest BCUT2D eigenvalue weighted by Crippen LogP contribution is -2.40. The van der Waals surface area contributed by atoms with Gasteiger partial charge in [0.2, 0.25) is 5.91 Å². The van der Waals surface area contributed by atoms with Gasteiger partial charge in [-0.3, -0.25) is 4.79 Å². The van der Waals surface area contributed by atoms with E-state index in [1.54, 1.807) is 29.2 Å². The van der Waals surface area contributed by atoms with Crippen LogP contribution in [0.25, 0.3) is 0 Å². The Labute approximate surface area is 166 Å². The zero-order valence-corrected chi connectivity index (χ0v) is 17.4. The van der Waals surface area contributed by atoms with E-state index in [4.69, 9.17) is 4.18 Å². The van der Waals surface area contributed by atoms with E-state index in [-0.39, 0.29) is 35.1 Å². The highest BCUT2D eigenvalue weighted by Crippen LogP contribution is 2.26. The van der Waals surface area contributed by atoms with Gasteiger partial charge in [0.05, 0.1) is 0 Å². The van der Waals surface area contributed by atoms with Crippen LogP contribution in [-0.4, -0.2) is 25.3 Å². The predicted octanol–water partition coefficient (Wildman–Crippen LogP) is 4.38. The van der Waals surface area contributed by atoms with E-state index >= 15 is 0 Å². The quantitative estimate of drug-likeness (QED) is 0.610. The molecule has 0 N–H and O–H groups in total. The standard InChI is InChI=1S/C21H26FNO4S/c1-5-16(4)23(21(24)15(2)3)14-17-8-6-7-9-20(17)27-28(25,26)19-12-10-18(22)11-13-19/h6-13,15-16H,5,14H2,1-4H3/t16-/m0/s1. The summed E-state index contributed by atoms with van der Waals surface area (Å²) in [7, 11) is -4.12. The predicted molar refractivity (Wildman–Crippen MR) is 106 cm³/mol. The van der Waals surface area contributed by atoms with Crippen LogP contribution < -0.4 is 4.18 Å². The average molecular weight is 408 g/mol. The third-order valence-electron chi connectivity index (χ3n) is 4.51. The summed E-state index contributed by atoms with van der Waals surface area (Å²) in [5.74, 6) is -0.567. The van der Waals surface area contributed by atoms with Crippen molar-refractivity contribution < 1.29 is 21.8 Å². The van der Waals surface area contributed by atoms with Crippen molar-refractivity contribution in [3.05, 3.63) is 59.9 Å². The molecule has 1 atom stereocenters. The number of nitrogens with zero attached hydrogens (tertiary/aromatic N) is 1. The molecule has 5 nitrogen and oxygen atoms in total. The zero-order chi connectivity index (χ0) is 20.9. The van der Waals surface area contributed by atoms with Crippen LogP contribution in [-0.2, 0) is 21.5 Å². The number of carbonyl (C=O) groups is 1. The van der Waals surface area contributed by atoms with Gasteiger partial charge in [-0.2, -0.15) is 8.42 Å². The first kappa shape index (κ1) is 21.9. The second-order valence-corrected chi connectivity index (χ2v) is 8.52. The van der Waals surface area contributed by atoms with Crippen molar-refractivity contribution >= 4 is 16.0 Å². The molecule has 0 radical (unpaired) electrons. The Hall–Kier alpha value is -2.41. The van der Waals surface area contributed by atoms with Crippen molar-refractivity contribution in [2.75, 3.05) is 0 Å². The summed E-state index contributed by atoms with van der Waals surface area (Å²) < 4.78 is 43.5. The highest BCUT2D eigenvalue weighted by molar-refractivity contribution is 7.87. The number of halogens is 1. The molecule has 2 aromatic rings. The van der Waals surface area contributed by atoms with Gasteiger partial charge in [-0.1, -0.05) is 39.0 Å². The summed E-state index contributed by atoms with van der Waals surface area (Å²) in [6.07, 6.45) is 0.773. The van der Waals surface area contributed by atoms with E-state index in [1.165, 1.54) is 0 Å². The summed E-state index contributed by atoms with van der Waals surface area (Å²) in [6.45, 7) is 7.85. The lowest BCUT2D eigenvalue weighted by Gasteiger charge is -2.30. The van der Waals surface area contributed by atoms with Crippen LogP contribution in [0.4, 0.5) is 4.39 Å². The third kappa shape index (κ3) is 5.32. The number of rotatable bonds is 8. The topological polar surface area (TPSA) is 63.7 Å². The van der Waals surface area contributed by atoms with Gasteiger partial charge in [0.25, 0.3) is 0 Å². The van der Waals surface area contributed by atoms with Crippen LogP contribution in [0.15, 0.2) is 53.4 Å². The molecule has 0 saturated heterocycles. The van der Waals surface area contributed by atoms with Gasteiger partial charge in [0.1, 0.15) is 16.5 Å². The molecule has 2 rings (SSSR count). The van der Waals surface area contributed by atoms with Crippen LogP contribution in [0.5, 0.6) is 5.75 Å². The molecule has 152 valence electrons. The summed E-state index contributed by atoms with van der Waals surface area (Å²) in [5.41, 5.74) is 0.586. The highest BCUT2D eigenvalue weighted by atomic mass is 32.2. The molecule has 0 spiro atoms. The van der Waals surface area contributed by atoms with Gasteiger partial charge in [-0.25, -0.2) is 4.39 Å². The van der Waals surface area contributed by atoms with Gasteiger partial charge in [-0.15, -0.1) is 0 Å². The summed E-state index contributed by atoms with van der Waals surface area (Å²) in [4.78, 5) is 14.2. The summed E-state index contributed by atoms with van der Waals surface area (Å²) in [6, 6.07) is 11.1. The van der Waals surface area contributed by atoms with Crippen molar-refractivity contribution in [1.29, 1.82) is 0 Å². The fraction of sp³-hybridized carbons (Fsp3) is 0.381. The van der Waals surface area contributed by atoms with Crippen LogP contribution in [0.1, 0.15) is 39.7 Å². The van der Waals surface area contributed by atoms with Crippen LogP contribution in [0.3, 0.4) is 0 Å². The fourth-order valence-electron chi connectivity index (χ4n) is 2.67. The van der Waals surface area contributed by atoms with E-state index in [9.17, 15) is 17.6 Å². The lowest BCUT2D eigenvalue weighted by atomic mass is 10.1. The maximum Gasteiger partial charge on any atom is 0.339 e. The second kappa shape index (κ2) is 9.19. The molecule has 0 saturated carbocycles. The van der Waals surface area contributed by atoms with Crippen molar-refractivity contribution in [1.82, 2.24) is 4.90 Å². The molecular formula is C21H26FNO4S. The molecule has 0 aliphatic carbocycles. The van der Waals surface area contributed by atoms with Crippen LogP contribution in [0, 0.1) is 11.7 Å². The largest absolute Gasteiger partial charge is 0.379 e. The number of hydrogen-bond donors (Lipinski definition) is 0. The number of benzene rings is 2. The molecule has 0 heterocycles. The van der Waals surface area contributed by atoms with Crippen molar-refractivity contribution in [3.8, 4) is 5.75 Å². The Bertz CT molecular complexity index is 910. The van der Waals surface area contributed by atoms with Gasteiger partial charge < -0.3 is 9.08 Å². The molecule has 0 bridgehead atoms. The molecular weight excluding hydrogens is 381 g/mol. The van der Waals surface area contributed by atoms with Crippen molar-refractivity contribution in [2.45, 2.75) is 51.6 Å². The molecule has 28 heavy (non-hydrogen) atoms. The first-order chi connectivity index (χ1) is 13.2. The molecule has 0 aliphatic rings. The molecule has 0 unspecified atom stereocenters. The number of hydrogen-bond acceptors (Lipinski definition) is 4. The second-order valence-electron chi connectivity index (χ2n) is 6.98. The minimum atomic E-state index is -4.12. The van der Waals surface area contributed by atoms with Gasteiger partial charge in [0, 0.05) is 24.1 Å². The van der Waals surface area contributed by atoms with Gasteiger partial charge >= 0.3 is 10.1 Å². The van der Waals surface area contributed by atoms with E-state index < -0.39 is 15.9 Å². The Morgan fingerprint density at radius 3 is 2.25 bits per heavy atom. The summed E-state index contributed by atoms with van der Waals surface area (Å²) in [5, 5.41) is 0. The SMILES string of the molecule is CC[C@H](C)N(Cc1ccccc1OS(=O)(=O)c1ccc(F)cc1)C(=O)C(C)C. The maximum atomic E-state index is 13.1. The van der Waals surface area contributed by atoms with E-state index in [0.717, 1.165) is 30.7 Å². The molecule has 0 aliphatic heterocycles. The first-order valence-electron chi connectivity index (χ1n) is 9.24. The molecule has 7 heteroatoms. The molecule has 1 amide bonds. The zero-order valence-electron chi connectivity index (χ0n) is 16.6. The molecule has 2 aromatic carbocycles. The Balaban J connectivity index is 2.33. The number of para-hydroxylation sites is 1. The highest BCUT2D eigenvalue weighted by Gasteiger charge is 2.24. The number of amides is 1. The normalized spacial score (nSPS) is 12.6. The Morgan fingerprint density at radius 2 is 1.68 bits per heavy atom. The number of carbonyl (C=O) groups excluding carboxylic acids is 1. The Morgan fingerprint density at radius 1 is 1.07 bits per heavy atom. The molecule has 0 fully saturated rings. The molecule has 0 aromatic heterocycles. The van der Waals surface area contributed by atoms with E-state index in [0.29, 0.717) is 5.56 Å². The third-order valence-corrected chi connectivity index (χ3v) is 5.76. The van der Waals surface area contributed by atoms with Crippen molar-refractivity contribution in [3.63, 3.8) is 0 Å². The lowest BCUT2D eigenvalue weighted by molar-refractivity contribution is -0.137. The Kier molecular flexibility index (Phi) is 7.18. The van der Waals surface area contributed by atoms with E-state index in [2.05, 4.69) is 0 Å².